The molecule has 2 aliphatic rings. The van der Waals surface area contributed by atoms with Crippen LogP contribution in [0, 0.1) is 0 Å². The van der Waals surface area contributed by atoms with Gasteiger partial charge in [0, 0.05) is 18.2 Å². The molecule has 2 heterocycles. The highest BCUT2D eigenvalue weighted by Gasteiger charge is 2.35. The summed E-state index contributed by atoms with van der Waals surface area (Å²) in [4.78, 5) is 26.6. The molecule has 1 saturated heterocycles. The Bertz CT molecular complexity index is 1110. The largest absolute Gasteiger partial charge is 0.481 e. The highest BCUT2D eigenvalue weighted by Crippen LogP contribution is 2.40. The molecule has 0 bridgehead atoms. The van der Waals surface area contributed by atoms with Crippen molar-refractivity contribution in [2.45, 2.75) is 82.2 Å². The second-order valence-electron chi connectivity index (χ2n) is 10.3. The van der Waals surface area contributed by atoms with Gasteiger partial charge in [-0.2, -0.15) is 18.3 Å². The van der Waals surface area contributed by atoms with Gasteiger partial charge in [0.15, 0.2) is 5.69 Å². The predicted octanol–water partition coefficient (Wildman–Crippen LogP) is 5.47. The van der Waals surface area contributed by atoms with Gasteiger partial charge < -0.3 is 15.3 Å². The lowest BCUT2D eigenvalue weighted by molar-refractivity contribution is -0.138. The fourth-order valence-electron chi connectivity index (χ4n) is 5.55. The lowest BCUT2D eigenvalue weighted by Gasteiger charge is -2.29. The first-order valence-corrected chi connectivity index (χ1v) is 13.3. The third kappa shape index (κ3) is 7.12. The predicted molar refractivity (Wildman–Crippen MR) is 133 cm³/mol. The Balaban J connectivity index is 1.53. The smallest absolute Gasteiger partial charge is 0.417 e. The number of nitrogens with one attached hydrogen (secondary N) is 1. The number of carbonyl (C=O) groups excluding carboxylic acids is 1. The van der Waals surface area contributed by atoms with Crippen LogP contribution >= 0.6 is 0 Å². The van der Waals surface area contributed by atoms with Crippen LogP contribution in [-0.2, 0) is 11.0 Å². The minimum Gasteiger partial charge on any atom is -0.481 e. The molecule has 2 aromatic rings. The van der Waals surface area contributed by atoms with Crippen molar-refractivity contribution in [3.05, 3.63) is 41.6 Å². The number of hydrogen-bond donors (Lipinski definition) is 2. The maximum atomic E-state index is 13.8. The number of nitrogens with zero attached hydrogens (tertiary/aromatic N) is 3. The first kappa shape index (κ1) is 28.1. The molecular formula is C27H34F4N4O3. The lowest BCUT2D eigenvalue weighted by Crippen LogP contribution is -2.39. The minimum absolute atomic E-state index is 0.0458. The molecule has 1 saturated carbocycles. The van der Waals surface area contributed by atoms with Crippen molar-refractivity contribution in [2.24, 2.45) is 0 Å². The van der Waals surface area contributed by atoms with E-state index in [2.05, 4.69) is 10.4 Å². The van der Waals surface area contributed by atoms with Crippen molar-refractivity contribution in [3.8, 4) is 11.3 Å². The molecule has 1 aliphatic carbocycles. The summed E-state index contributed by atoms with van der Waals surface area (Å²) in [5, 5.41) is 16.5. The van der Waals surface area contributed by atoms with Gasteiger partial charge in [-0.25, -0.2) is 4.39 Å². The molecule has 4 rings (SSSR count). The van der Waals surface area contributed by atoms with Crippen LogP contribution in [0.15, 0.2) is 30.3 Å². The zero-order valence-corrected chi connectivity index (χ0v) is 21.2. The second kappa shape index (κ2) is 12.3. The van der Waals surface area contributed by atoms with Gasteiger partial charge in [-0.05, 0) is 63.7 Å². The summed E-state index contributed by atoms with van der Waals surface area (Å²) in [6.07, 6.45) is -0.104. The number of carboxylic acid groups (broad SMARTS) is 1. The quantitative estimate of drug-likeness (QED) is 0.392. The van der Waals surface area contributed by atoms with E-state index in [1.165, 1.54) is 28.9 Å². The number of carbonyl (C=O) groups is 2. The molecule has 1 aliphatic heterocycles. The maximum absolute atomic E-state index is 13.8. The van der Waals surface area contributed by atoms with Crippen LogP contribution in [-0.4, -0.2) is 63.5 Å². The monoisotopic (exact) mass is 538 g/mol. The molecule has 11 heteroatoms. The third-order valence-electron chi connectivity index (χ3n) is 7.38. The van der Waals surface area contributed by atoms with E-state index >= 15 is 0 Å². The molecule has 0 radical (unpaired) electrons. The van der Waals surface area contributed by atoms with E-state index in [0.717, 1.165) is 44.7 Å². The van der Waals surface area contributed by atoms with Crippen molar-refractivity contribution >= 4 is 11.9 Å². The van der Waals surface area contributed by atoms with Crippen LogP contribution in [0.1, 0.15) is 79.9 Å². The van der Waals surface area contributed by atoms with Crippen molar-refractivity contribution in [2.75, 3.05) is 19.6 Å². The fraction of sp³-hybridized carbons (Fsp3) is 0.593. The Hall–Kier alpha value is -2.95. The molecule has 0 spiro atoms. The second-order valence-corrected chi connectivity index (χ2v) is 10.3. The Morgan fingerprint density at radius 1 is 1.13 bits per heavy atom. The number of amides is 1. The standard InChI is InChI=1S/C27H34F4N4O3/c28-18-7-5-13-34(17-18)14-6-8-19(15-25(36)37)32-26(38)23-16-24(35(33-23)20-9-1-2-10-20)21-11-3-4-12-22(21)27(29,30)31/h3-4,11-12,16,18-20H,1-2,5-10,13-15,17H2,(H,32,38)(H,36,37)/t18-,19+/m1/s1. The van der Waals surface area contributed by atoms with E-state index in [4.69, 9.17) is 0 Å². The van der Waals surface area contributed by atoms with Crippen molar-refractivity contribution < 1.29 is 32.3 Å². The maximum Gasteiger partial charge on any atom is 0.417 e. The molecule has 208 valence electrons. The zero-order chi connectivity index (χ0) is 27.3. The number of rotatable bonds is 10. The van der Waals surface area contributed by atoms with E-state index in [9.17, 15) is 32.3 Å². The normalized spacial score (nSPS) is 19.9. The molecule has 1 aromatic heterocycles. The number of carboxylic acids is 1. The average Bonchev–Trinajstić information content (AvgIpc) is 3.53. The molecule has 2 atom stereocenters. The van der Waals surface area contributed by atoms with E-state index < -0.39 is 35.8 Å². The van der Waals surface area contributed by atoms with Crippen LogP contribution < -0.4 is 5.32 Å². The lowest BCUT2D eigenvalue weighted by atomic mass is 10.0. The number of piperidine rings is 1. The van der Waals surface area contributed by atoms with Gasteiger partial charge in [0.25, 0.3) is 5.91 Å². The van der Waals surface area contributed by atoms with Gasteiger partial charge in [0.2, 0.25) is 0 Å². The minimum atomic E-state index is -4.58. The van der Waals surface area contributed by atoms with E-state index in [1.54, 1.807) is 0 Å². The summed E-state index contributed by atoms with van der Waals surface area (Å²) < 4.78 is 56.6. The van der Waals surface area contributed by atoms with Crippen LogP contribution in [0.5, 0.6) is 0 Å². The van der Waals surface area contributed by atoms with Crippen LogP contribution in [0.25, 0.3) is 11.3 Å². The molecule has 2 fully saturated rings. The van der Waals surface area contributed by atoms with Crippen molar-refractivity contribution in [1.29, 1.82) is 0 Å². The van der Waals surface area contributed by atoms with E-state index in [1.807, 2.05) is 4.90 Å². The van der Waals surface area contributed by atoms with Crippen molar-refractivity contribution in [3.63, 3.8) is 0 Å². The van der Waals surface area contributed by atoms with E-state index in [-0.39, 0.29) is 29.4 Å². The van der Waals surface area contributed by atoms with Gasteiger partial charge in [-0.3, -0.25) is 14.3 Å². The molecule has 1 amide bonds. The van der Waals surface area contributed by atoms with Gasteiger partial charge in [0.1, 0.15) is 6.17 Å². The summed E-state index contributed by atoms with van der Waals surface area (Å²) in [6, 6.07) is 5.79. The Morgan fingerprint density at radius 2 is 1.87 bits per heavy atom. The van der Waals surface area contributed by atoms with Gasteiger partial charge in [-0.1, -0.05) is 31.0 Å². The number of aromatic nitrogens is 2. The summed E-state index contributed by atoms with van der Waals surface area (Å²) >= 11 is 0. The van der Waals surface area contributed by atoms with Crippen LogP contribution in [0.4, 0.5) is 17.6 Å². The SMILES string of the molecule is O=C(O)C[C@H](CCCN1CCC[C@@H](F)C1)NC(=O)c1cc(-c2ccccc2C(F)(F)F)n(C2CCCC2)n1. The summed E-state index contributed by atoms with van der Waals surface area (Å²) in [7, 11) is 0. The van der Waals surface area contributed by atoms with Gasteiger partial charge in [0.05, 0.1) is 23.7 Å². The van der Waals surface area contributed by atoms with Crippen LogP contribution in [0.2, 0.25) is 0 Å². The molecule has 1 aromatic carbocycles. The number of alkyl halides is 4. The molecular weight excluding hydrogens is 504 g/mol. The fourth-order valence-corrected chi connectivity index (χ4v) is 5.55. The average molecular weight is 539 g/mol. The molecule has 7 nitrogen and oxygen atoms in total. The highest BCUT2D eigenvalue weighted by atomic mass is 19.4. The number of likely N-dealkylation sites (tertiary alicyclic amines) is 1. The molecule has 38 heavy (non-hydrogen) atoms. The first-order valence-electron chi connectivity index (χ1n) is 13.3. The number of benzene rings is 1. The third-order valence-corrected chi connectivity index (χ3v) is 7.38. The number of hydrogen-bond acceptors (Lipinski definition) is 4. The zero-order valence-electron chi connectivity index (χ0n) is 21.2. The number of aliphatic carboxylic acids is 1. The summed E-state index contributed by atoms with van der Waals surface area (Å²) in [5.41, 5.74) is -0.678. The molecule has 0 unspecified atom stereocenters. The number of halogens is 4. The van der Waals surface area contributed by atoms with Gasteiger partial charge >= 0.3 is 12.1 Å². The Labute approximate surface area is 219 Å². The van der Waals surface area contributed by atoms with Crippen molar-refractivity contribution in [1.82, 2.24) is 20.0 Å². The van der Waals surface area contributed by atoms with Crippen LogP contribution in [0.3, 0.4) is 0 Å². The Kier molecular flexibility index (Phi) is 9.07. The topological polar surface area (TPSA) is 87.5 Å². The highest BCUT2D eigenvalue weighted by molar-refractivity contribution is 5.94. The summed E-state index contributed by atoms with van der Waals surface area (Å²) in [6.45, 7) is 1.75. The summed E-state index contributed by atoms with van der Waals surface area (Å²) in [5.74, 6) is -1.70. The Morgan fingerprint density at radius 3 is 2.55 bits per heavy atom. The van der Waals surface area contributed by atoms with E-state index in [0.29, 0.717) is 32.4 Å². The molecule has 2 N–H and O–H groups in total. The van der Waals surface area contributed by atoms with Gasteiger partial charge in [-0.15, -0.1) is 0 Å². The first-order chi connectivity index (χ1) is 18.1.